The summed E-state index contributed by atoms with van der Waals surface area (Å²) in [6.45, 7) is 1.92. The summed E-state index contributed by atoms with van der Waals surface area (Å²) in [5.41, 5.74) is 13.6. The lowest BCUT2D eigenvalue weighted by Crippen LogP contribution is -2.12. The molecule has 0 aliphatic carbocycles. The van der Waals surface area contributed by atoms with Gasteiger partial charge in [0.05, 0.1) is 5.69 Å². The van der Waals surface area contributed by atoms with E-state index in [2.05, 4.69) is 0 Å². The molecule has 3 heteroatoms. The van der Waals surface area contributed by atoms with Crippen LogP contribution in [0.4, 0.5) is 11.4 Å². The van der Waals surface area contributed by atoms with E-state index in [1.165, 1.54) is 0 Å². The van der Waals surface area contributed by atoms with Crippen LogP contribution in [0.1, 0.15) is 5.56 Å². The highest BCUT2D eigenvalue weighted by molar-refractivity contribution is 6.36. The quantitative estimate of drug-likeness (QED) is 0.384. The molecule has 0 fully saturated rings. The average molecular weight is 132 g/mol. The van der Waals surface area contributed by atoms with Crippen molar-refractivity contribution in [2.75, 3.05) is 11.5 Å². The third-order valence-corrected chi connectivity index (χ3v) is 1.39. The molecular weight excluding hydrogens is 123 g/mol. The van der Waals surface area contributed by atoms with Crippen LogP contribution in [-0.2, 0) is 0 Å². The van der Waals surface area contributed by atoms with Gasteiger partial charge in [0.2, 0.25) is 0 Å². The van der Waals surface area contributed by atoms with Crippen molar-refractivity contribution < 1.29 is 0 Å². The van der Waals surface area contributed by atoms with Gasteiger partial charge in [0.25, 0.3) is 0 Å². The largest absolute Gasteiger partial charge is 0.398 e. The predicted octanol–water partition coefficient (Wildman–Crippen LogP) is -0.0468. The van der Waals surface area contributed by atoms with E-state index < -0.39 is 0 Å². The highest BCUT2D eigenvalue weighted by Crippen LogP contribution is 2.11. The Hall–Kier alpha value is -1.12. The van der Waals surface area contributed by atoms with E-state index in [9.17, 15) is 0 Å². The van der Waals surface area contributed by atoms with Crippen molar-refractivity contribution in [2.24, 2.45) is 0 Å². The number of anilines is 2. The maximum Gasteiger partial charge on any atom is 0.116 e. The van der Waals surface area contributed by atoms with E-state index in [0.717, 1.165) is 5.56 Å². The minimum Gasteiger partial charge on any atom is -0.398 e. The molecule has 0 atom stereocenters. The Labute approximate surface area is 61.6 Å². The molecule has 0 aliphatic rings. The predicted molar refractivity (Wildman–Crippen MR) is 45.4 cm³/mol. The molecule has 0 unspecified atom stereocenters. The van der Waals surface area contributed by atoms with Gasteiger partial charge in [0.15, 0.2) is 0 Å². The first-order chi connectivity index (χ1) is 4.61. The molecule has 4 N–H and O–H groups in total. The SMILES string of the molecule is [B]c1cc(C)cc(N)c1N. The molecule has 2 radical (unpaired) electrons. The molecule has 0 amide bonds. The first kappa shape index (κ1) is 7.00. The van der Waals surface area contributed by atoms with Crippen molar-refractivity contribution in [3.05, 3.63) is 17.7 Å². The van der Waals surface area contributed by atoms with Crippen LogP contribution in [0.15, 0.2) is 12.1 Å². The maximum atomic E-state index is 5.52. The summed E-state index contributed by atoms with van der Waals surface area (Å²) in [5.74, 6) is 0. The van der Waals surface area contributed by atoms with Crippen LogP contribution in [0.5, 0.6) is 0 Å². The Morgan fingerprint density at radius 2 is 1.90 bits per heavy atom. The second kappa shape index (κ2) is 2.25. The van der Waals surface area contributed by atoms with Crippen LogP contribution in [-0.4, -0.2) is 7.85 Å². The lowest BCUT2D eigenvalue weighted by atomic mass is 9.92. The maximum absolute atomic E-state index is 5.52. The zero-order chi connectivity index (χ0) is 7.72. The van der Waals surface area contributed by atoms with E-state index in [4.69, 9.17) is 19.3 Å². The topological polar surface area (TPSA) is 52.0 Å². The van der Waals surface area contributed by atoms with Gasteiger partial charge in [-0.1, -0.05) is 11.5 Å². The molecule has 50 valence electrons. The average Bonchev–Trinajstić information content (AvgIpc) is 1.82. The number of benzene rings is 1. The van der Waals surface area contributed by atoms with Crippen LogP contribution in [0.25, 0.3) is 0 Å². The number of hydrogen-bond donors (Lipinski definition) is 2. The summed E-state index contributed by atoms with van der Waals surface area (Å²) in [6, 6.07) is 3.59. The van der Waals surface area contributed by atoms with Crippen molar-refractivity contribution in [3.63, 3.8) is 0 Å². The molecule has 0 spiro atoms. The molecule has 10 heavy (non-hydrogen) atoms. The summed E-state index contributed by atoms with van der Waals surface area (Å²) < 4.78 is 0. The normalized spacial score (nSPS) is 9.70. The van der Waals surface area contributed by atoms with Crippen molar-refractivity contribution in [1.29, 1.82) is 0 Å². The van der Waals surface area contributed by atoms with Crippen LogP contribution >= 0.6 is 0 Å². The molecule has 0 aliphatic heterocycles. The lowest BCUT2D eigenvalue weighted by Gasteiger charge is -2.04. The first-order valence-corrected chi connectivity index (χ1v) is 3.02. The fourth-order valence-corrected chi connectivity index (χ4v) is 0.854. The molecule has 1 aromatic rings. The molecule has 0 heterocycles. The Kier molecular flexibility index (Phi) is 1.58. The monoisotopic (exact) mass is 132 g/mol. The van der Waals surface area contributed by atoms with Gasteiger partial charge < -0.3 is 11.5 Å². The molecule has 0 aromatic heterocycles. The molecule has 2 nitrogen and oxygen atoms in total. The fourth-order valence-electron chi connectivity index (χ4n) is 0.854. The summed E-state index contributed by atoms with van der Waals surface area (Å²) in [4.78, 5) is 0. The molecule has 1 rings (SSSR count). The van der Waals surface area contributed by atoms with Gasteiger partial charge in [-0.05, 0) is 18.6 Å². The molecule has 0 bridgehead atoms. The van der Waals surface area contributed by atoms with E-state index in [-0.39, 0.29) is 0 Å². The number of nitrogens with two attached hydrogens (primary N) is 2. The number of aryl methyl sites for hydroxylation is 1. The Bertz CT molecular complexity index is 235. The van der Waals surface area contributed by atoms with Crippen molar-refractivity contribution in [2.45, 2.75) is 6.92 Å². The summed E-state index contributed by atoms with van der Waals surface area (Å²) >= 11 is 0. The van der Waals surface area contributed by atoms with Crippen molar-refractivity contribution >= 4 is 24.7 Å². The van der Waals surface area contributed by atoms with Gasteiger partial charge in [-0.3, -0.25) is 0 Å². The van der Waals surface area contributed by atoms with Crippen LogP contribution in [0.2, 0.25) is 0 Å². The van der Waals surface area contributed by atoms with E-state index >= 15 is 0 Å². The Morgan fingerprint density at radius 3 is 2.40 bits per heavy atom. The van der Waals surface area contributed by atoms with Crippen LogP contribution < -0.4 is 16.9 Å². The molecule has 1 aromatic carbocycles. The number of rotatable bonds is 0. The zero-order valence-corrected chi connectivity index (χ0v) is 5.89. The Morgan fingerprint density at radius 1 is 1.30 bits per heavy atom. The van der Waals surface area contributed by atoms with Gasteiger partial charge in [0.1, 0.15) is 7.85 Å². The van der Waals surface area contributed by atoms with Gasteiger partial charge in [-0.2, -0.15) is 0 Å². The van der Waals surface area contributed by atoms with Crippen LogP contribution in [0, 0.1) is 6.92 Å². The third-order valence-electron chi connectivity index (χ3n) is 1.39. The van der Waals surface area contributed by atoms with Gasteiger partial charge >= 0.3 is 0 Å². The highest BCUT2D eigenvalue weighted by Gasteiger charge is 1.97. The number of hydrogen-bond acceptors (Lipinski definition) is 2. The number of nitrogen functional groups attached to an aromatic ring is 2. The van der Waals surface area contributed by atoms with Gasteiger partial charge in [0, 0.05) is 5.69 Å². The third kappa shape index (κ3) is 1.08. The fraction of sp³-hybridized carbons (Fsp3) is 0.143. The van der Waals surface area contributed by atoms with Gasteiger partial charge in [-0.15, -0.1) is 0 Å². The van der Waals surface area contributed by atoms with E-state index in [1.807, 2.05) is 6.92 Å². The second-order valence-corrected chi connectivity index (χ2v) is 2.36. The standard InChI is InChI=1S/C7H9BN2/c1-4-2-5(8)7(10)6(9)3-4/h2-3H,9-10H2,1H3. The molecule has 0 saturated carbocycles. The lowest BCUT2D eigenvalue weighted by molar-refractivity contribution is 1.49. The Balaban J connectivity index is 3.31. The van der Waals surface area contributed by atoms with Crippen molar-refractivity contribution in [3.8, 4) is 0 Å². The van der Waals surface area contributed by atoms with E-state index in [0.29, 0.717) is 16.8 Å². The zero-order valence-electron chi connectivity index (χ0n) is 5.89. The second-order valence-electron chi connectivity index (χ2n) is 2.36. The summed E-state index contributed by atoms with van der Waals surface area (Å²) in [6.07, 6.45) is 0. The van der Waals surface area contributed by atoms with Crippen molar-refractivity contribution in [1.82, 2.24) is 0 Å². The summed E-state index contributed by atoms with van der Waals surface area (Å²) in [7, 11) is 5.52. The highest BCUT2D eigenvalue weighted by atomic mass is 14.7. The molecule has 0 saturated heterocycles. The smallest absolute Gasteiger partial charge is 0.116 e. The minimum absolute atomic E-state index is 0.477. The summed E-state index contributed by atoms with van der Waals surface area (Å²) in [5, 5.41) is 0. The van der Waals surface area contributed by atoms with Gasteiger partial charge in [-0.25, -0.2) is 0 Å². The van der Waals surface area contributed by atoms with E-state index in [1.54, 1.807) is 12.1 Å². The minimum atomic E-state index is 0.477. The van der Waals surface area contributed by atoms with Crippen LogP contribution in [0.3, 0.4) is 0 Å². The first-order valence-electron chi connectivity index (χ1n) is 3.02. The molecular formula is C7H9BN2.